The highest BCUT2D eigenvalue weighted by Crippen LogP contribution is 2.34. The first-order valence-electron chi connectivity index (χ1n) is 7.46. The van der Waals surface area contributed by atoms with Crippen molar-refractivity contribution < 1.29 is 9.47 Å². The highest BCUT2D eigenvalue weighted by molar-refractivity contribution is 5.44. The summed E-state index contributed by atoms with van der Waals surface area (Å²) in [5.74, 6) is 1.56. The zero-order valence-corrected chi connectivity index (χ0v) is 13.3. The van der Waals surface area contributed by atoms with E-state index in [0.29, 0.717) is 6.04 Å². The van der Waals surface area contributed by atoms with Crippen molar-refractivity contribution in [2.75, 3.05) is 40.4 Å². The Morgan fingerprint density at radius 2 is 1.90 bits per heavy atom. The Hall–Kier alpha value is -1.52. The van der Waals surface area contributed by atoms with E-state index in [9.17, 15) is 0 Å². The van der Waals surface area contributed by atoms with Crippen LogP contribution in [0.25, 0.3) is 0 Å². The van der Waals surface area contributed by atoms with Crippen molar-refractivity contribution in [3.05, 3.63) is 35.9 Å². The minimum absolute atomic E-state index is 0.351. The van der Waals surface area contributed by atoms with Crippen LogP contribution in [-0.4, -0.2) is 45.3 Å². The van der Waals surface area contributed by atoms with Crippen LogP contribution in [0.4, 0.5) is 0 Å². The van der Waals surface area contributed by atoms with Crippen LogP contribution < -0.4 is 14.8 Å². The van der Waals surface area contributed by atoms with Crippen LogP contribution in [0.1, 0.15) is 24.9 Å². The van der Waals surface area contributed by atoms with Crippen LogP contribution in [0.3, 0.4) is 0 Å². The molecule has 1 saturated heterocycles. The van der Waals surface area contributed by atoms with Crippen molar-refractivity contribution in [1.29, 1.82) is 0 Å². The number of nitrogens with zero attached hydrogens (tertiary/aromatic N) is 1. The summed E-state index contributed by atoms with van der Waals surface area (Å²) in [6.45, 7) is 10.4. The van der Waals surface area contributed by atoms with E-state index >= 15 is 0 Å². The Labute approximate surface area is 127 Å². The molecule has 4 heteroatoms. The van der Waals surface area contributed by atoms with Gasteiger partial charge in [-0.25, -0.2) is 0 Å². The molecule has 1 N–H and O–H groups in total. The van der Waals surface area contributed by atoms with Gasteiger partial charge in [-0.3, -0.25) is 4.90 Å². The molecule has 0 bridgehead atoms. The lowest BCUT2D eigenvalue weighted by atomic mass is 9.97. The number of methoxy groups -OCH3 is 2. The molecule has 0 aromatic heterocycles. The van der Waals surface area contributed by atoms with Crippen LogP contribution in [0, 0.1) is 0 Å². The molecule has 1 aliphatic heterocycles. The van der Waals surface area contributed by atoms with E-state index in [0.717, 1.165) is 44.1 Å². The second-order valence-electron chi connectivity index (χ2n) is 5.58. The summed E-state index contributed by atoms with van der Waals surface area (Å²) in [6.07, 6.45) is 0.968. The largest absolute Gasteiger partial charge is 0.493 e. The molecular weight excluding hydrogens is 264 g/mol. The average Bonchev–Trinajstić information content (AvgIpc) is 2.52. The van der Waals surface area contributed by atoms with Crippen molar-refractivity contribution in [2.24, 2.45) is 0 Å². The van der Waals surface area contributed by atoms with Gasteiger partial charge in [-0.15, -0.1) is 6.58 Å². The molecule has 21 heavy (non-hydrogen) atoms. The van der Waals surface area contributed by atoms with Crippen LogP contribution in [0.15, 0.2) is 30.4 Å². The summed E-state index contributed by atoms with van der Waals surface area (Å²) in [5.41, 5.74) is 2.46. The number of hydrogen-bond acceptors (Lipinski definition) is 4. The molecular formula is C17H26N2O2. The van der Waals surface area contributed by atoms with E-state index < -0.39 is 0 Å². The van der Waals surface area contributed by atoms with E-state index in [1.165, 1.54) is 11.1 Å². The van der Waals surface area contributed by atoms with Crippen LogP contribution >= 0.6 is 0 Å². The van der Waals surface area contributed by atoms with Gasteiger partial charge < -0.3 is 14.8 Å². The minimum Gasteiger partial charge on any atom is -0.493 e. The highest BCUT2D eigenvalue weighted by atomic mass is 16.5. The summed E-state index contributed by atoms with van der Waals surface area (Å²) < 4.78 is 10.8. The number of rotatable bonds is 6. The van der Waals surface area contributed by atoms with E-state index in [-0.39, 0.29) is 0 Å². The Morgan fingerprint density at radius 1 is 1.24 bits per heavy atom. The lowest BCUT2D eigenvalue weighted by molar-refractivity contribution is 0.172. The lowest BCUT2D eigenvalue weighted by Crippen LogP contribution is -2.45. The molecule has 1 aromatic rings. The monoisotopic (exact) mass is 290 g/mol. The second kappa shape index (κ2) is 7.48. The molecule has 0 amide bonds. The van der Waals surface area contributed by atoms with Gasteiger partial charge in [0.1, 0.15) is 0 Å². The molecule has 1 aliphatic rings. The van der Waals surface area contributed by atoms with Crippen molar-refractivity contribution in [3.63, 3.8) is 0 Å². The van der Waals surface area contributed by atoms with E-state index in [2.05, 4.69) is 35.9 Å². The number of piperazine rings is 1. The fraction of sp³-hybridized carbons (Fsp3) is 0.529. The molecule has 1 heterocycles. The maximum absolute atomic E-state index is 5.44. The number of hydrogen-bond donors (Lipinski definition) is 1. The maximum Gasteiger partial charge on any atom is 0.161 e. The van der Waals surface area contributed by atoms with Gasteiger partial charge in [0.15, 0.2) is 11.5 Å². The third-order valence-corrected chi connectivity index (χ3v) is 3.93. The van der Waals surface area contributed by atoms with Crippen LogP contribution in [0.2, 0.25) is 0 Å². The van der Waals surface area contributed by atoms with Gasteiger partial charge in [-0.05, 0) is 31.0 Å². The van der Waals surface area contributed by atoms with Gasteiger partial charge >= 0.3 is 0 Å². The molecule has 0 unspecified atom stereocenters. The van der Waals surface area contributed by atoms with Gasteiger partial charge in [-0.1, -0.05) is 11.6 Å². The fourth-order valence-corrected chi connectivity index (χ4v) is 2.84. The van der Waals surface area contributed by atoms with Crippen molar-refractivity contribution in [3.8, 4) is 11.5 Å². The Kier molecular flexibility index (Phi) is 5.65. The zero-order valence-electron chi connectivity index (χ0n) is 13.3. The molecule has 0 saturated carbocycles. The Bertz CT molecular complexity index is 482. The summed E-state index contributed by atoms with van der Waals surface area (Å²) in [6, 6.07) is 6.57. The van der Waals surface area contributed by atoms with Crippen LogP contribution in [0.5, 0.6) is 11.5 Å². The number of ether oxygens (including phenoxy) is 2. The molecule has 2 rings (SSSR count). The molecule has 0 aliphatic carbocycles. The van der Waals surface area contributed by atoms with Crippen LogP contribution in [-0.2, 0) is 0 Å². The third-order valence-electron chi connectivity index (χ3n) is 3.93. The SMILES string of the molecule is C=C(C)C[C@H](c1ccc(OC)c(OC)c1)N1CCNCC1. The Morgan fingerprint density at radius 3 is 2.48 bits per heavy atom. The summed E-state index contributed by atoms with van der Waals surface area (Å²) in [7, 11) is 3.35. The molecule has 116 valence electrons. The van der Waals surface area contributed by atoms with E-state index in [1.807, 2.05) is 6.07 Å². The van der Waals surface area contributed by atoms with Gasteiger partial charge in [0.05, 0.1) is 14.2 Å². The quantitative estimate of drug-likeness (QED) is 0.817. The third kappa shape index (κ3) is 3.99. The Balaban J connectivity index is 2.28. The van der Waals surface area contributed by atoms with E-state index in [4.69, 9.17) is 9.47 Å². The predicted octanol–water partition coefficient (Wildman–Crippen LogP) is 2.62. The van der Waals surface area contributed by atoms with Crippen molar-refractivity contribution >= 4 is 0 Å². The standard InChI is InChI=1S/C17H26N2O2/c1-13(2)11-15(19-9-7-18-8-10-19)14-5-6-16(20-3)17(12-14)21-4/h5-6,12,15,18H,1,7-11H2,2-4H3/t15-/m1/s1. The fourth-order valence-electron chi connectivity index (χ4n) is 2.84. The molecule has 4 nitrogen and oxygen atoms in total. The lowest BCUT2D eigenvalue weighted by Gasteiger charge is -2.35. The second-order valence-corrected chi connectivity index (χ2v) is 5.58. The zero-order chi connectivity index (χ0) is 15.2. The van der Waals surface area contributed by atoms with Gasteiger partial charge in [0, 0.05) is 32.2 Å². The van der Waals surface area contributed by atoms with E-state index in [1.54, 1.807) is 14.2 Å². The van der Waals surface area contributed by atoms with Crippen molar-refractivity contribution in [2.45, 2.75) is 19.4 Å². The predicted molar refractivity (Wildman–Crippen MR) is 86.2 cm³/mol. The molecule has 1 atom stereocenters. The first kappa shape index (κ1) is 15.9. The maximum atomic E-state index is 5.44. The topological polar surface area (TPSA) is 33.7 Å². The smallest absolute Gasteiger partial charge is 0.161 e. The summed E-state index contributed by atoms with van der Waals surface area (Å²) in [4.78, 5) is 2.52. The molecule has 1 fully saturated rings. The first-order chi connectivity index (χ1) is 10.2. The normalized spacial score (nSPS) is 17.3. The molecule has 1 aromatic carbocycles. The number of nitrogens with one attached hydrogen (secondary N) is 1. The van der Waals surface area contributed by atoms with Gasteiger partial charge in [-0.2, -0.15) is 0 Å². The highest BCUT2D eigenvalue weighted by Gasteiger charge is 2.23. The summed E-state index contributed by atoms with van der Waals surface area (Å²) in [5, 5.41) is 3.41. The number of benzene rings is 1. The first-order valence-corrected chi connectivity index (χ1v) is 7.46. The van der Waals surface area contributed by atoms with Gasteiger partial charge in [0.25, 0.3) is 0 Å². The van der Waals surface area contributed by atoms with Crippen molar-refractivity contribution in [1.82, 2.24) is 10.2 Å². The van der Waals surface area contributed by atoms with Gasteiger partial charge in [0.2, 0.25) is 0 Å². The molecule has 0 radical (unpaired) electrons. The minimum atomic E-state index is 0.351. The summed E-state index contributed by atoms with van der Waals surface area (Å²) >= 11 is 0. The average molecular weight is 290 g/mol. The molecule has 0 spiro atoms.